The molecule has 172 valence electrons. The van der Waals surface area contributed by atoms with Crippen LogP contribution in [0.5, 0.6) is 11.5 Å². The molecule has 4 rings (SSSR count). The SMILES string of the molecule is CC(C)CNS(=O)(=O)CCn1c(Sc2cc3c(cc2I)OCCO3)nc2c(N)ncnc21. The lowest BCUT2D eigenvalue weighted by atomic mass is 10.2. The van der Waals surface area contributed by atoms with E-state index >= 15 is 0 Å². The number of hydrogen-bond acceptors (Lipinski definition) is 9. The van der Waals surface area contributed by atoms with Crippen LogP contribution in [0.2, 0.25) is 0 Å². The molecule has 2 aromatic heterocycles. The topological polar surface area (TPSA) is 134 Å². The van der Waals surface area contributed by atoms with Gasteiger partial charge in [-0.1, -0.05) is 25.6 Å². The summed E-state index contributed by atoms with van der Waals surface area (Å²) in [6.45, 7) is 5.47. The van der Waals surface area contributed by atoms with Gasteiger partial charge in [0.1, 0.15) is 19.5 Å². The molecule has 3 N–H and O–H groups in total. The molecule has 1 aliphatic rings. The van der Waals surface area contributed by atoms with E-state index in [1.54, 1.807) is 4.57 Å². The number of ether oxygens (including phenoxy) is 2. The van der Waals surface area contributed by atoms with Gasteiger partial charge in [0.25, 0.3) is 0 Å². The van der Waals surface area contributed by atoms with Crippen molar-refractivity contribution >= 4 is 61.4 Å². The molecule has 0 spiro atoms. The molecule has 0 unspecified atom stereocenters. The van der Waals surface area contributed by atoms with Crippen LogP contribution in [-0.4, -0.2) is 53.4 Å². The van der Waals surface area contributed by atoms with Crippen LogP contribution >= 0.6 is 34.4 Å². The minimum atomic E-state index is -3.46. The third kappa shape index (κ3) is 5.21. The molecule has 0 atom stereocenters. The van der Waals surface area contributed by atoms with Crippen molar-refractivity contribution in [3.63, 3.8) is 0 Å². The molecule has 0 bridgehead atoms. The number of aryl methyl sites for hydroxylation is 1. The van der Waals surface area contributed by atoms with Crippen LogP contribution in [0, 0.1) is 9.49 Å². The Morgan fingerprint density at radius 1 is 1.25 bits per heavy atom. The Balaban J connectivity index is 1.67. The van der Waals surface area contributed by atoms with Crippen molar-refractivity contribution in [1.29, 1.82) is 0 Å². The minimum Gasteiger partial charge on any atom is -0.486 e. The molecule has 32 heavy (non-hydrogen) atoms. The second-order valence-electron chi connectivity index (χ2n) is 7.57. The largest absolute Gasteiger partial charge is 0.486 e. The van der Waals surface area contributed by atoms with Crippen LogP contribution in [-0.2, 0) is 16.6 Å². The van der Waals surface area contributed by atoms with Gasteiger partial charge in [0, 0.05) is 21.6 Å². The van der Waals surface area contributed by atoms with Gasteiger partial charge in [0.15, 0.2) is 33.6 Å². The highest BCUT2D eigenvalue weighted by Gasteiger charge is 2.21. The highest BCUT2D eigenvalue weighted by molar-refractivity contribution is 14.1. The summed E-state index contributed by atoms with van der Waals surface area (Å²) in [5.74, 6) is 1.72. The average molecular weight is 590 g/mol. The molecular formula is C19H23IN6O4S2. The standard InChI is InChI=1S/C19H23IN6O4S2/c1-11(2)9-24-32(27,28)6-3-26-18-16(17(21)22-10-23-18)25-19(26)31-15-8-14-13(7-12(15)20)29-4-5-30-14/h7-8,10-11,24H,3-6,9H2,1-2H3,(H2,21,22,23). The Labute approximate surface area is 203 Å². The number of nitrogens with one attached hydrogen (secondary N) is 1. The van der Waals surface area contributed by atoms with E-state index in [0.29, 0.717) is 47.6 Å². The molecule has 3 aromatic rings. The van der Waals surface area contributed by atoms with Crippen LogP contribution in [0.3, 0.4) is 0 Å². The van der Waals surface area contributed by atoms with E-state index < -0.39 is 10.0 Å². The van der Waals surface area contributed by atoms with Gasteiger partial charge in [-0.05, 0) is 40.6 Å². The Morgan fingerprint density at radius 3 is 2.69 bits per heavy atom. The van der Waals surface area contributed by atoms with Crippen LogP contribution in [0.25, 0.3) is 11.2 Å². The van der Waals surface area contributed by atoms with E-state index in [0.717, 1.165) is 8.47 Å². The number of benzene rings is 1. The summed E-state index contributed by atoms with van der Waals surface area (Å²) in [6.07, 6.45) is 1.35. The van der Waals surface area contributed by atoms with Crippen molar-refractivity contribution in [3.05, 3.63) is 22.0 Å². The number of hydrogen-bond donors (Lipinski definition) is 2. The van der Waals surface area contributed by atoms with Crippen molar-refractivity contribution in [2.75, 3.05) is 31.2 Å². The second-order valence-corrected chi connectivity index (χ2v) is 11.7. The first-order valence-electron chi connectivity index (χ1n) is 9.94. The van der Waals surface area contributed by atoms with Gasteiger partial charge in [0.2, 0.25) is 10.0 Å². The predicted octanol–water partition coefficient (Wildman–Crippen LogP) is 2.51. The first-order chi connectivity index (χ1) is 15.2. The predicted molar refractivity (Wildman–Crippen MR) is 131 cm³/mol. The van der Waals surface area contributed by atoms with E-state index in [2.05, 4.69) is 42.3 Å². The van der Waals surface area contributed by atoms with E-state index in [1.165, 1.54) is 18.1 Å². The Bertz CT molecular complexity index is 1250. The zero-order valence-corrected chi connectivity index (χ0v) is 21.3. The summed E-state index contributed by atoms with van der Waals surface area (Å²) < 4.78 is 41.7. The molecule has 0 saturated carbocycles. The molecule has 0 fully saturated rings. The fourth-order valence-corrected chi connectivity index (χ4v) is 5.88. The number of nitrogen functional groups attached to an aromatic ring is 1. The van der Waals surface area contributed by atoms with Crippen LogP contribution < -0.4 is 19.9 Å². The zero-order valence-electron chi connectivity index (χ0n) is 17.5. The third-order valence-corrected chi connectivity index (χ3v) is 8.26. The fourth-order valence-electron chi connectivity index (χ4n) is 3.01. The molecule has 13 heteroatoms. The highest BCUT2D eigenvalue weighted by atomic mass is 127. The van der Waals surface area contributed by atoms with Gasteiger partial charge in [-0.25, -0.2) is 28.1 Å². The van der Waals surface area contributed by atoms with Crippen molar-refractivity contribution in [2.45, 2.75) is 30.4 Å². The summed E-state index contributed by atoms with van der Waals surface area (Å²) in [4.78, 5) is 13.8. The fraction of sp³-hybridized carbons (Fsp3) is 0.421. The Hall–Kier alpha value is -1.84. The van der Waals surface area contributed by atoms with Gasteiger partial charge in [0.05, 0.1) is 5.75 Å². The van der Waals surface area contributed by atoms with E-state index in [9.17, 15) is 8.42 Å². The lowest BCUT2D eigenvalue weighted by Crippen LogP contribution is -2.31. The zero-order chi connectivity index (χ0) is 22.9. The smallest absolute Gasteiger partial charge is 0.213 e. The number of nitrogens with zero attached hydrogens (tertiary/aromatic N) is 4. The summed E-state index contributed by atoms with van der Waals surface area (Å²) in [5, 5.41) is 0.570. The van der Waals surface area contributed by atoms with Crippen LogP contribution in [0.4, 0.5) is 5.82 Å². The first-order valence-corrected chi connectivity index (χ1v) is 13.5. The minimum absolute atomic E-state index is 0.110. The maximum absolute atomic E-state index is 12.5. The normalized spacial score (nSPS) is 13.8. The van der Waals surface area contributed by atoms with Crippen molar-refractivity contribution in [3.8, 4) is 11.5 Å². The Kier molecular flexibility index (Phi) is 6.97. The summed E-state index contributed by atoms with van der Waals surface area (Å²) >= 11 is 3.62. The second kappa shape index (κ2) is 9.57. The molecule has 1 aromatic carbocycles. The molecule has 1 aliphatic heterocycles. The summed E-state index contributed by atoms with van der Waals surface area (Å²) in [6, 6.07) is 3.82. The maximum atomic E-state index is 12.5. The van der Waals surface area contributed by atoms with E-state index in [-0.39, 0.29) is 24.0 Å². The maximum Gasteiger partial charge on any atom is 0.213 e. The highest BCUT2D eigenvalue weighted by Crippen LogP contribution is 2.40. The molecule has 0 saturated heterocycles. The quantitative estimate of drug-likeness (QED) is 0.380. The molecule has 10 nitrogen and oxygen atoms in total. The third-order valence-electron chi connectivity index (χ3n) is 4.62. The number of imidazole rings is 1. The number of aromatic nitrogens is 4. The van der Waals surface area contributed by atoms with Crippen LogP contribution in [0.1, 0.15) is 13.8 Å². The Morgan fingerprint density at radius 2 is 1.97 bits per heavy atom. The van der Waals surface area contributed by atoms with Gasteiger partial charge in [-0.15, -0.1) is 0 Å². The van der Waals surface area contributed by atoms with Crippen LogP contribution in [0.15, 0.2) is 28.5 Å². The van der Waals surface area contributed by atoms with Gasteiger partial charge >= 0.3 is 0 Å². The number of sulfonamides is 1. The average Bonchev–Trinajstić information content (AvgIpc) is 3.10. The molecule has 0 radical (unpaired) electrons. The number of nitrogens with two attached hydrogens (primary N) is 1. The summed E-state index contributed by atoms with van der Waals surface area (Å²) in [7, 11) is -3.46. The molecule has 3 heterocycles. The first kappa shape index (κ1) is 23.3. The molecule has 0 aliphatic carbocycles. The molecular weight excluding hydrogens is 567 g/mol. The number of halogens is 1. The summed E-state index contributed by atoms with van der Waals surface area (Å²) in [5.41, 5.74) is 6.94. The lowest BCUT2D eigenvalue weighted by molar-refractivity contribution is 0.171. The van der Waals surface area contributed by atoms with Crippen molar-refractivity contribution in [2.24, 2.45) is 5.92 Å². The van der Waals surface area contributed by atoms with Gasteiger partial charge < -0.3 is 19.8 Å². The van der Waals surface area contributed by atoms with Crippen molar-refractivity contribution < 1.29 is 17.9 Å². The van der Waals surface area contributed by atoms with Gasteiger partial charge in [-0.2, -0.15) is 0 Å². The number of rotatable bonds is 8. The van der Waals surface area contributed by atoms with E-state index in [4.69, 9.17) is 15.2 Å². The van der Waals surface area contributed by atoms with E-state index in [1.807, 2.05) is 26.0 Å². The van der Waals surface area contributed by atoms with Gasteiger partial charge in [-0.3, -0.25) is 0 Å². The number of anilines is 1. The van der Waals surface area contributed by atoms with Crippen molar-refractivity contribution in [1.82, 2.24) is 24.2 Å². The lowest BCUT2D eigenvalue weighted by Gasteiger charge is -2.19. The number of fused-ring (bicyclic) bond motifs is 2. The monoisotopic (exact) mass is 590 g/mol. The molecule has 0 amide bonds.